The fourth-order valence-corrected chi connectivity index (χ4v) is 4.73. The SMILES string of the molecule is Cc1csc(CN2CCCC3(CC2)CN(c2ccc(F)cc2)C(=O)CO3)n1. The lowest BCUT2D eigenvalue weighted by Gasteiger charge is -2.42. The van der Waals surface area contributed by atoms with E-state index in [9.17, 15) is 9.18 Å². The van der Waals surface area contributed by atoms with Crippen LogP contribution in [0.15, 0.2) is 29.6 Å². The largest absolute Gasteiger partial charge is 0.363 e. The van der Waals surface area contributed by atoms with Gasteiger partial charge in [0, 0.05) is 23.3 Å². The first-order chi connectivity index (χ1) is 13.0. The lowest BCUT2D eigenvalue weighted by atomic mass is 9.92. The van der Waals surface area contributed by atoms with E-state index in [0.29, 0.717) is 6.54 Å². The predicted octanol–water partition coefficient (Wildman–Crippen LogP) is 3.38. The molecule has 1 unspecified atom stereocenters. The molecule has 2 aromatic rings. The zero-order valence-electron chi connectivity index (χ0n) is 15.5. The molecule has 4 rings (SSSR count). The molecule has 1 aromatic carbocycles. The van der Waals surface area contributed by atoms with Crippen LogP contribution in [0.4, 0.5) is 10.1 Å². The van der Waals surface area contributed by atoms with Gasteiger partial charge in [-0.25, -0.2) is 9.37 Å². The van der Waals surface area contributed by atoms with E-state index in [-0.39, 0.29) is 23.9 Å². The van der Waals surface area contributed by atoms with Crippen LogP contribution in [0.2, 0.25) is 0 Å². The van der Waals surface area contributed by atoms with Crippen LogP contribution in [-0.4, -0.2) is 47.6 Å². The van der Waals surface area contributed by atoms with Gasteiger partial charge in [-0.15, -0.1) is 11.3 Å². The third kappa shape index (κ3) is 4.20. The average Bonchev–Trinajstić information content (AvgIpc) is 2.97. The van der Waals surface area contributed by atoms with Crippen molar-refractivity contribution in [2.75, 3.05) is 31.1 Å². The first-order valence-corrected chi connectivity index (χ1v) is 10.2. The summed E-state index contributed by atoms with van der Waals surface area (Å²) in [6.45, 7) is 5.44. The van der Waals surface area contributed by atoms with E-state index < -0.39 is 0 Å². The molecule has 0 saturated carbocycles. The first kappa shape index (κ1) is 18.5. The monoisotopic (exact) mass is 389 g/mol. The van der Waals surface area contributed by atoms with Gasteiger partial charge in [-0.1, -0.05) is 0 Å². The van der Waals surface area contributed by atoms with Crippen molar-refractivity contribution in [3.8, 4) is 0 Å². The Labute approximate surface area is 162 Å². The highest BCUT2D eigenvalue weighted by Crippen LogP contribution is 2.33. The van der Waals surface area contributed by atoms with E-state index in [0.717, 1.165) is 55.3 Å². The summed E-state index contributed by atoms with van der Waals surface area (Å²) >= 11 is 1.71. The molecule has 0 bridgehead atoms. The number of nitrogens with zero attached hydrogens (tertiary/aromatic N) is 3. The molecule has 2 aliphatic heterocycles. The molecule has 1 amide bonds. The number of benzene rings is 1. The molecule has 1 atom stereocenters. The zero-order chi connectivity index (χ0) is 18.9. The number of likely N-dealkylation sites (tertiary alicyclic amines) is 1. The van der Waals surface area contributed by atoms with Gasteiger partial charge in [0.2, 0.25) is 0 Å². The minimum absolute atomic E-state index is 0.0633. The third-order valence-electron chi connectivity index (χ3n) is 5.40. The zero-order valence-corrected chi connectivity index (χ0v) is 16.3. The molecule has 5 nitrogen and oxygen atoms in total. The maximum Gasteiger partial charge on any atom is 0.253 e. The normalized spacial score (nSPS) is 24.4. The molecular weight excluding hydrogens is 365 g/mol. The number of hydrogen-bond donors (Lipinski definition) is 0. The van der Waals surface area contributed by atoms with Crippen LogP contribution in [0.5, 0.6) is 0 Å². The van der Waals surface area contributed by atoms with Gasteiger partial charge in [-0.2, -0.15) is 0 Å². The third-order valence-corrected chi connectivity index (χ3v) is 6.35. The smallest absolute Gasteiger partial charge is 0.253 e. The van der Waals surface area contributed by atoms with E-state index in [2.05, 4.69) is 15.3 Å². The number of hydrogen-bond acceptors (Lipinski definition) is 5. The topological polar surface area (TPSA) is 45.7 Å². The summed E-state index contributed by atoms with van der Waals surface area (Å²) in [7, 11) is 0. The number of thiazole rings is 1. The molecule has 7 heteroatoms. The van der Waals surface area contributed by atoms with Crippen LogP contribution in [-0.2, 0) is 16.1 Å². The summed E-state index contributed by atoms with van der Waals surface area (Å²) in [4.78, 5) is 21.1. The number of halogens is 1. The molecule has 3 heterocycles. The van der Waals surface area contributed by atoms with Gasteiger partial charge < -0.3 is 9.64 Å². The Morgan fingerprint density at radius 2 is 2.07 bits per heavy atom. The van der Waals surface area contributed by atoms with Crippen LogP contribution < -0.4 is 4.90 Å². The van der Waals surface area contributed by atoms with Crippen molar-refractivity contribution in [1.29, 1.82) is 0 Å². The standard InChI is InChI=1S/C20H24FN3O2S/c1-15-13-27-18(22-15)11-23-9-2-7-20(8-10-23)14-24(19(25)12-26-20)17-5-3-16(21)4-6-17/h3-6,13H,2,7-12,14H2,1H3. The van der Waals surface area contributed by atoms with Gasteiger partial charge in [0.15, 0.2) is 0 Å². The number of rotatable bonds is 3. The van der Waals surface area contributed by atoms with Crippen molar-refractivity contribution in [1.82, 2.24) is 9.88 Å². The van der Waals surface area contributed by atoms with Crippen molar-refractivity contribution in [2.45, 2.75) is 38.3 Å². The van der Waals surface area contributed by atoms with Gasteiger partial charge in [-0.3, -0.25) is 9.69 Å². The first-order valence-electron chi connectivity index (χ1n) is 9.36. The molecule has 1 spiro atoms. The lowest BCUT2D eigenvalue weighted by Crippen LogP contribution is -2.55. The number of ether oxygens (including phenoxy) is 1. The molecule has 1 aromatic heterocycles. The van der Waals surface area contributed by atoms with E-state index >= 15 is 0 Å². The average molecular weight is 389 g/mol. The Bertz CT molecular complexity index is 810. The van der Waals surface area contributed by atoms with Crippen LogP contribution in [0.3, 0.4) is 0 Å². The molecule has 0 radical (unpaired) electrons. The summed E-state index contributed by atoms with van der Waals surface area (Å²) in [5, 5.41) is 3.24. The Morgan fingerprint density at radius 3 is 2.81 bits per heavy atom. The van der Waals surface area contributed by atoms with Crippen molar-refractivity contribution < 1.29 is 13.9 Å². The highest BCUT2D eigenvalue weighted by Gasteiger charge is 2.41. The highest BCUT2D eigenvalue weighted by molar-refractivity contribution is 7.09. The summed E-state index contributed by atoms with van der Waals surface area (Å²) in [6.07, 6.45) is 2.82. The van der Waals surface area contributed by atoms with Crippen molar-refractivity contribution in [3.63, 3.8) is 0 Å². The second-order valence-electron chi connectivity index (χ2n) is 7.44. The summed E-state index contributed by atoms with van der Waals surface area (Å²) in [5.74, 6) is -0.358. The fourth-order valence-electron chi connectivity index (χ4n) is 3.92. The molecule has 27 heavy (non-hydrogen) atoms. The van der Waals surface area contributed by atoms with Crippen LogP contribution in [0.25, 0.3) is 0 Å². The maximum absolute atomic E-state index is 13.2. The van der Waals surface area contributed by atoms with Gasteiger partial charge in [0.1, 0.15) is 17.4 Å². The predicted molar refractivity (Wildman–Crippen MR) is 103 cm³/mol. The number of carbonyl (C=O) groups excluding carboxylic acids is 1. The Hall–Kier alpha value is -1.83. The summed E-state index contributed by atoms with van der Waals surface area (Å²) in [5.41, 5.74) is 1.49. The molecular formula is C20H24FN3O2S. The minimum Gasteiger partial charge on any atom is -0.363 e. The second-order valence-corrected chi connectivity index (χ2v) is 8.38. The molecule has 144 valence electrons. The van der Waals surface area contributed by atoms with Gasteiger partial charge in [0.25, 0.3) is 5.91 Å². The van der Waals surface area contributed by atoms with E-state index in [1.54, 1.807) is 28.4 Å². The Morgan fingerprint density at radius 1 is 1.26 bits per heavy atom. The number of anilines is 1. The molecule has 2 fully saturated rings. The highest BCUT2D eigenvalue weighted by atomic mass is 32.1. The van der Waals surface area contributed by atoms with E-state index in [1.165, 1.54) is 12.1 Å². The number of aromatic nitrogens is 1. The van der Waals surface area contributed by atoms with Crippen molar-refractivity contribution in [3.05, 3.63) is 46.2 Å². The maximum atomic E-state index is 13.2. The second kappa shape index (κ2) is 7.66. The summed E-state index contributed by atoms with van der Waals surface area (Å²) < 4.78 is 19.3. The lowest BCUT2D eigenvalue weighted by molar-refractivity contribution is -0.140. The van der Waals surface area contributed by atoms with Gasteiger partial charge in [-0.05, 0) is 57.0 Å². The van der Waals surface area contributed by atoms with E-state index in [4.69, 9.17) is 4.74 Å². The number of carbonyl (C=O) groups is 1. The van der Waals surface area contributed by atoms with Gasteiger partial charge >= 0.3 is 0 Å². The fraction of sp³-hybridized carbons (Fsp3) is 0.500. The number of aryl methyl sites for hydroxylation is 1. The molecule has 2 aliphatic rings. The molecule has 2 saturated heterocycles. The van der Waals surface area contributed by atoms with E-state index in [1.807, 2.05) is 6.92 Å². The van der Waals surface area contributed by atoms with Crippen LogP contribution >= 0.6 is 11.3 Å². The van der Waals surface area contributed by atoms with Crippen molar-refractivity contribution in [2.24, 2.45) is 0 Å². The number of morpholine rings is 1. The quantitative estimate of drug-likeness (QED) is 0.807. The van der Waals surface area contributed by atoms with Crippen molar-refractivity contribution >= 4 is 22.9 Å². The Balaban J connectivity index is 1.44. The molecule has 0 N–H and O–H groups in total. The summed E-state index contributed by atoms with van der Waals surface area (Å²) in [6, 6.07) is 6.13. The number of amides is 1. The van der Waals surface area contributed by atoms with Crippen LogP contribution in [0.1, 0.15) is 30.0 Å². The van der Waals surface area contributed by atoms with Gasteiger partial charge in [0.05, 0.1) is 18.7 Å². The minimum atomic E-state index is -0.324. The Kier molecular flexibility index (Phi) is 5.25. The molecule has 0 aliphatic carbocycles. The van der Waals surface area contributed by atoms with Crippen LogP contribution in [0, 0.1) is 12.7 Å².